The third-order valence-corrected chi connectivity index (χ3v) is 6.36. The van der Waals surface area contributed by atoms with Crippen molar-refractivity contribution in [2.45, 2.75) is 11.8 Å². The molecule has 1 N–H and O–H groups in total. The Balaban J connectivity index is 1.62. The predicted octanol–water partition coefficient (Wildman–Crippen LogP) is 2.04. The van der Waals surface area contributed by atoms with Gasteiger partial charge in [-0.05, 0) is 42.8 Å². The van der Waals surface area contributed by atoms with Crippen LogP contribution in [0.4, 0.5) is 5.69 Å². The molecule has 2 aromatic rings. The summed E-state index contributed by atoms with van der Waals surface area (Å²) < 4.78 is 42.8. The molecule has 1 saturated heterocycles. The number of morpholine rings is 1. The summed E-state index contributed by atoms with van der Waals surface area (Å²) in [6.45, 7) is 3.00. The Morgan fingerprint density at radius 2 is 1.93 bits per heavy atom. The molecule has 1 fully saturated rings. The number of sulfonamides is 1. The van der Waals surface area contributed by atoms with E-state index >= 15 is 0 Å². The van der Waals surface area contributed by atoms with Crippen molar-refractivity contribution in [3.8, 4) is 11.5 Å². The zero-order valence-corrected chi connectivity index (χ0v) is 17.2. The molecule has 1 aliphatic heterocycles. The van der Waals surface area contributed by atoms with Gasteiger partial charge in [0.1, 0.15) is 11.5 Å². The van der Waals surface area contributed by atoms with Crippen LogP contribution in [0.15, 0.2) is 47.4 Å². The van der Waals surface area contributed by atoms with E-state index in [9.17, 15) is 13.2 Å². The maximum Gasteiger partial charge on any atom is 0.262 e. The summed E-state index contributed by atoms with van der Waals surface area (Å²) in [5.41, 5.74) is 1.23. The van der Waals surface area contributed by atoms with E-state index in [1.165, 1.54) is 10.4 Å². The van der Waals surface area contributed by atoms with Crippen molar-refractivity contribution in [2.24, 2.45) is 0 Å². The number of aryl methyl sites for hydroxylation is 1. The second-order valence-electron chi connectivity index (χ2n) is 6.51. The first-order chi connectivity index (χ1) is 13.9. The molecule has 0 aliphatic carbocycles. The van der Waals surface area contributed by atoms with Crippen molar-refractivity contribution in [2.75, 3.05) is 45.3 Å². The van der Waals surface area contributed by atoms with Gasteiger partial charge in [0.25, 0.3) is 5.91 Å². The standard InChI is InChI=1S/C20H24N2O6S/c1-15-12-18(29(24,25)22-8-10-27-11-9-22)6-7-19(15)28-14-20(23)21-16-4-3-5-17(13-16)26-2/h3-7,12-13H,8-11,14H2,1-2H3,(H,21,23). The number of carbonyl (C=O) groups excluding carboxylic acids is 1. The number of amides is 1. The van der Waals surface area contributed by atoms with E-state index in [2.05, 4.69) is 5.32 Å². The molecule has 0 aromatic heterocycles. The van der Waals surface area contributed by atoms with E-state index in [-0.39, 0.29) is 17.4 Å². The van der Waals surface area contributed by atoms with Gasteiger partial charge in [0, 0.05) is 24.8 Å². The van der Waals surface area contributed by atoms with Gasteiger partial charge in [0.05, 0.1) is 25.2 Å². The Morgan fingerprint density at radius 3 is 2.62 bits per heavy atom. The summed E-state index contributed by atoms with van der Waals surface area (Å²) in [5, 5.41) is 2.73. The zero-order chi connectivity index (χ0) is 20.9. The molecule has 1 heterocycles. The minimum atomic E-state index is -3.57. The molecule has 0 radical (unpaired) electrons. The van der Waals surface area contributed by atoms with Crippen molar-refractivity contribution in [1.82, 2.24) is 4.31 Å². The van der Waals surface area contributed by atoms with Crippen LogP contribution in [0.2, 0.25) is 0 Å². The number of anilines is 1. The molecule has 156 valence electrons. The first kappa shape index (κ1) is 21.1. The second kappa shape index (κ2) is 9.25. The van der Waals surface area contributed by atoms with Gasteiger partial charge in [-0.1, -0.05) is 6.07 Å². The molecule has 0 atom stereocenters. The summed E-state index contributed by atoms with van der Waals surface area (Å²) in [5.74, 6) is 0.756. The molecule has 8 nitrogen and oxygen atoms in total. The molecule has 0 bridgehead atoms. The Hall–Kier alpha value is -2.62. The second-order valence-corrected chi connectivity index (χ2v) is 8.45. The Bertz CT molecular complexity index is 971. The lowest BCUT2D eigenvalue weighted by molar-refractivity contribution is -0.118. The Morgan fingerprint density at radius 1 is 1.17 bits per heavy atom. The van der Waals surface area contributed by atoms with Crippen molar-refractivity contribution < 1.29 is 27.4 Å². The van der Waals surface area contributed by atoms with Gasteiger partial charge in [-0.2, -0.15) is 4.31 Å². The van der Waals surface area contributed by atoms with Gasteiger partial charge < -0.3 is 19.5 Å². The molecule has 9 heteroatoms. The molecule has 29 heavy (non-hydrogen) atoms. The fourth-order valence-electron chi connectivity index (χ4n) is 2.92. The number of carbonyl (C=O) groups is 1. The molecule has 2 aromatic carbocycles. The first-order valence-corrected chi connectivity index (χ1v) is 10.6. The maximum absolute atomic E-state index is 12.7. The van der Waals surface area contributed by atoms with Crippen LogP contribution in [-0.4, -0.2) is 58.7 Å². The van der Waals surface area contributed by atoms with E-state index < -0.39 is 10.0 Å². The highest BCUT2D eigenvalue weighted by molar-refractivity contribution is 7.89. The van der Waals surface area contributed by atoms with Gasteiger partial charge >= 0.3 is 0 Å². The molecule has 3 rings (SSSR count). The van der Waals surface area contributed by atoms with Crippen LogP contribution in [0.1, 0.15) is 5.56 Å². The lowest BCUT2D eigenvalue weighted by Crippen LogP contribution is -2.40. The third kappa shape index (κ3) is 5.26. The van der Waals surface area contributed by atoms with Crippen LogP contribution >= 0.6 is 0 Å². The van der Waals surface area contributed by atoms with Crippen LogP contribution in [0, 0.1) is 6.92 Å². The van der Waals surface area contributed by atoms with E-state index in [0.717, 1.165) is 0 Å². The average molecular weight is 420 g/mol. The lowest BCUT2D eigenvalue weighted by Gasteiger charge is -2.26. The van der Waals surface area contributed by atoms with E-state index in [1.807, 2.05) is 0 Å². The maximum atomic E-state index is 12.7. The number of methoxy groups -OCH3 is 1. The number of nitrogens with one attached hydrogen (secondary N) is 1. The smallest absolute Gasteiger partial charge is 0.262 e. The molecular formula is C20H24N2O6S. The summed E-state index contributed by atoms with van der Waals surface area (Å²) in [6.07, 6.45) is 0. The van der Waals surface area contributed by atoms with E-state index in [1.54, 1.807) is 50.4 Å². The lowest BCUT2D eigenvalue weighted by atomic mass is 10.2. The number of hydrogen-bond acceptors (Lipinski definition) is 6. The molecule has 1 amide bonds. The predicted molar refractivity (Wildman–Crippen MR) is 108 cm³/mol. The third-order valence-electron chi connectivity index (χ3n) is 4.47. The topological polar surface area (TPSA) is 94.2 Å². The molecule has 1 aliphatic rings. The number of nitrogens with zero attached hydrogens (tertiary/aromatic N) is 1. The fourth-order valence-corrected chi connectivity index (χ4v) is 4.42. The summed E-state index contributed by atoms with van der Waals surface area (Å²) in [7, 11) is -2.02. The highest BCUT2D eigenvalue weighted by atomic mass is 32.2. The molecular weight excluding hydrogens is 396 g/mol. The van der Waals surface area contributed by atoms with E-state index in [0.29, 0.717) is 49.1 Å². The largest absolute Gasteiger partial charge is 0.497 e. The number of ether oxygens (including phenoxy) is 3. The van der Waals surface area contributed by atoms with E-state index in [4.69, 9.17) is 14.2 Å². The zero-order valence-electron chi connectivity index (χ0n) is 16.4. The number of hydrogen-bond donors (Lipinski definition) is 1. The van der Waals surface area contributed by atoms with Crippen LogP contribution in [0.25, 0.3) is 0 Å². The highest BCUT2D eigenvalue weighted by Gasteiger charge is 2.26. The quantitative estimate of drug-likeness (QED) is 0.737. The van der Waals surface area contributed by atoms with Crippen molar-refractivity contribution >= 4 is 21.6 Å². The monoisotopic (exact) mass is 420 g/mol. The van der Waals surface area contributed by atoms with Gasteiger partial charge in [0.15, 0.2) is 6.61 Å². The summed E-state index contributed by atoms with van der Waals surface area (Å²) >= 11 is 0. The van der Waals surface area contributed by atoms with Crippen molar-refractivity contribution in [3.63, 3.8) is 0 Å². The Kier molecular flexibility index (Phi) is 6.73. The van der Waals surface area contributed by atoms with Crippen LogP contribution in [0.3, 0.4) is 0 Å². The number of rotatable bonds is 7. The first-order valence-electron chi connectivity index (χ1n) is 9.15. The molecule has 0 unspecified atom stereocenters. The summed E-state index contributed by atoms with van der Waals surface area (Å²) in [4.78, 5) is 12.3. The minimum Gasteiger partial charge on any atom is -0.497 e. The molecule has 0 saturated carbocycles. The summed E-state index contributed by atoms with van der Waals surface area (Å²) in [6, 6.07) is 11.6. The minimum absolute atomic E-state index is 0.199. The van der Waals surface area contributed by atoms with Crippen LogP contribution in [0.5, 0.6) is 11.5 Å². The molecule has 0 spiro atoms. The van der Waals surface area contributed by atoms with Crippen LogP contribution in [-0.2, 0) is 19.6 Å². The SMILES string of the molecule is COc1cccc(NC(=O)COc2ccc(S(=O)(=O)N3CCOCC3)cc2C)c1. The normalized spacial score (nSPS) is 15.0. The van der Waals surface area contributed by atoms with Crippen molar-refractivity contribution in [3.05, 3.63) is 48.0 Å². The van der Waals surface area contributed by atoms with Gasteiger partial charge in [-0.25, -0.2) is 8.42 Å². The van der Waals surface area contributed by atoms with Crippen LogP contribution < -0.4 is 14.8 Å². The van der Waals surface area contributed by atoms with Gasteiger partial charge in [0.2, 0.25) is 10.0 Å². The number of benzene rings is 2. The van der Waals surface area contributed by atoms with Crippen molar-refractivity contribution in [1.29, 1.82) is 0 Å². The van der Waals surface area contributed by atoms with Gasteiger partial charge in [-0.15, -0.1) is 0 Å². The van der Waals surface area contributed by atoms with Gasteiger partial charge in [-0.3, -0.25) is 4.79 Å². The average Bonchev–Trinajstić information content (AvgIpc) is 2.73. The Labute approximate surface area is 170 Å². The highest BCUT2D eigenvalue weighted by Crippen LogP contribution is 2.25. The fraction of sp³-hybridized carbons (Fsp3) is 0.350.